The molecule has 1 unspecified atom stereocenters. The zero-order valence-electron chi connectivity index (χ0n) is 20.7. The van der Waals surface area contributed by atoms with E-state index in [0.29, 0.717) is 42.5 Å². The van der Waals surface area contributed by atoms with Gasteiger partial charge in [0.05, 0.1) is 31.4 Å². The fraction of sp³-hybridized carbons (Fsp3) is 0.407. The number of nitrogens with zero attached hydrogens (tertiary/aromatic N) is 5. The lowest BCUT2D eigenvalue weighted by Crippen LogP contribution is -2.38. The lowest BCUT2D eigenvalue weighted by molar-refractivity contribution is -0.123. The molecule has 9 heteroatoms. The van der Waals surface area contributed by atoms with Crippen LogP contribution in [0.1, 0.15) is 43.3 Å². The smallest absolute Gasteiger partial charge is 0.178 e. The number of fused-ring (bicyclic) bond motifs is 1. The second kappa shape index (κ2) is 9.89. The van der Waals surface area contributed by atoms with Gasteiger partial charge in [0, 0.05) is 29.4 Å². The van der Waals surface area contributed by atoms with Crippen molar-refractivity contribution in [1.82, 2.24) is 19.9 Å². The average Bonchev–Trinajstić information content (AvgIpc) is 2.85. The molecule has 0 radical (unpaired) electrons. The van der Waals surface area contributed by atoms with Gasteiger partial charge in [0.15, 0.2) is 23.2 Å². The summed E-state index contributed by atoms with van der Waals surface area (Å²) in [5.74, 6) is -0.561. The fourth-order valence-corrected chi connectivity index (χ4v) is 4.89. The Kier molecular flexibility index (Phi) is 6.66. The highest BCUT2D eigenvalue weighted by Crippen LogP contribution is 2.39. The summed E-state index contributed by atoms with van der Waals surface area (Å²) in [7, 11) is 1.94. The third kappa shape index (κ3) is 4.80. The number of piperidine rings is 1. The maximum absolute atomic E-state index is 14.9. The van der Waals surface area contributed by atoms with E-state index < -0.39 is 11.6 Å². The molecule has 5 rings (SSSR count). The Morgan fingerprint density at radius 1 is 1.11 bits per heavy atom. The van der Waals surface area contributed by atoms with Crippen molar-refractivity contribution in [3.05, 3.63) is 65.4 Å². The minimum atomic E-state index is -0.630. The van der Waals surface area contributed by atoms with Gasteiger partial charge in [-0.2, -0.15) is 0 Å². The van der Waals surface area contributed by atoms with Crippen molar-refractivity contribution in [3.8, 4) is 17.0 Å². The van der Waals surface area contributed by atoms with Gasteiger partial charge in [0.1, 0.15) is 18.1 Å². The van der Waals surface area contributed by atoms with Gasteiger partial charge in [0.2, 0.25) is 0 Å². The second-order valence-electron chi connectivity index (χ2n) is 9.73. The summed E-state index contributed by atoms with van der Waals surface area (Å²) in [4.78, 5) is 29.5. The zero-order chi connectivity index (χ0) is 25.4. The fourth-order valence-electron chi connectivity index (χ4n) is 4.89. The monoisotopic (exact) mass is 493 g/mol. The molecular formula is C27H29F2N5O2. The van der Waals surface area contributed by atoms with Gasteiger partial charge in [-0.25, -0.2) is 18.7 Å². The molecule has 3 aromatic rings. The molecule has 0 N–H and O–H groups in total. The second-order valence-corrected chi connectivity index (χ2v) is 9.73. The number of carbonyl (C=O) groups is 1. The van der Waals surface area contributed by atoms with E-state index in [1.165, 1.54) is 6.07 Å². The Labute approximate surface area is 209 Å². The first-order chi connectivity index (χ1) is 17.3. The van der Waals surface area contributed by atoms with E-state index >= 15 is 0 Å². The highest BCUT2D eigenvalue weighted by molar-refractivity contribution is 5.88. The van der Waals surface area contributed by atoms with E-state index in [2.05, 4.69) is 15.0 Å². The van der Waals surface area contributed by atoms with Gasteiger partial charge in [-0.1, -0.05) is 6.07 Å². The Morgan fingerprint density at radius 2 is 1.94 bits per heavy atom. The van der Waals surface area contributed by atoms with Crippen molar-refractivity contribution in [2.75, 3.05) is 38.2 Å². The summed E-state index contributed by atoms with van der Waals surface area (Å²) in [6.07, 6.45) is 3.89. The lowest BCUT2D eigenvalue weighted by Gasteiger charge is -2.34. The maximum Gasteiger partial charge on any atom is 0.178 e. The van der Waals surface area contributed by atoms with Crippen LogP contribution < -0.4 is 9.64 Å². The molecule has 0 amide bonds. The molecule has 0 aliphatic carbocycles. The van der Waals surface area contributed by atoms with E-state index in [1.54, 1.807) is 12.3 Å². The Morgan fingerprint density at radius 3 is 2.67 bits per heavy atom. The van der Waals surface area contributed by atoms with Crippen LogP contribution in [0.15, 0.2) is 36.7 Å². The molecule has 0 spiro atoms. The number of Topliss-reactive ketones (excluding diaryl/α,β-unsaturated/α-hetero) is 1. The minimum Gasteiger partial charge on any atom is -0.486 e. The van der Waals surface area contributed by atoms with Crippen LogP contribution >= 0.6 is 0 Å². The molecule has 36 heavy (non-hydrogen) atoms. The number of carbonyl (C=O) groups excluding carboxylic acids is 1. The summed E-state index contributed by atoms with van der Waals surface area (Å²) in [6.45, 7) is 6.37. The van der Waals surface area contributed by atoms with E-state index in [1.807, 2.05) is 42.8 Å². The van der Waals surface area contributed by atoms with Gasteiger partial charge < -0.3 is 9.64 Å². The lowest BCUT2D eigenvalue weighted by atomic mass is 9.89. The summed E-state index contributed by atoms with van der Waals surface area (Å²) < 4.78 is 35.3. The molecule has 2 aromatic heterocycles. The third-order valence-corrected chi connectivity index (χ3v) is 6.81. The first-order valence-electron chi connectivity index (χ1n) is 12.2. The van der Waals surface area contributed by atoms with Gasteiger partial charge in [-0.15, -0.1) is 0 Å². The van der Waals surface area contributed by atoms with Gasteiger partial charge in [0.25, 0.3) is 0 Å². The van der Waals surface area contributed by atoms with E-state index in [4.69, 9.17) is 4.74 Å². The number of aromatic nitrogens is 3. The number of ether oxygens (including phenoxy) is 1. The average molecular weight is 494 g/mol. The molecule has 0 saturated carbocycles. The molecule has 1 atom stereocenters. The van der Waals surface area contributed by atoms with Crippen LogP contribution in [0.3, 0.4) is 0 Å². The van der Waals surface area contributed by atoms with Crippen molar-refractivity contribution in [2.45, 2.75) is 38.6 Å². The van der Waals surface area contributed by atoms with Gasteiger partial charge in [-0.05, 0) is 57.6 Å². The molecule has 188 valence electrons. The molecule has 2 aliphatic rings. The molecule has 0 bridgehead atoms. The number of hydrogen-bond acceptors (Lipinski definition) is 7. The summed E-state index contributed by atoms with van der Waals surface area (Å²) >= 11 is 0. The predicted octanol–water partition coefficient (Wildman–Crippen LogP) is 4.00. The van der Waals surface area contributed by atoms with E-state index in [9.17, 15) is 13.6 Å². The highest BCUT2D eigenvalue weighted by Gasteiger charge is 2.27. The van der Waals surface area contributed by atoms with Crippen LogP contribution in [0.4, 0.5) is 14.5 Å². The Balaban J connectivity index is 1.40. The van der Waals surface area contributed by atoms with Crippen molar-refractivity contribution >= 4 is 11.5 Å². The predicted molar refractivity (Wildman–Crippen MR) is 132 cm³/mol. The van der Waals surface area contributed by atoms with Crippen LogP contribution in [0, 0.1) is 11.6 Å². The number of anilines is 1. The number of ketones is 1. The highest BCUT2D eigenvalue weighted by atomic mass is 19.1. The van der Waals surface area contributed by atoms with Crippen LogP contribution in [-0.2, 0) is 11.2 Å². The van der Waals surface area contributed by atoms with E-state index in [0.717, 1.165) is 24.7 Å². The molecule has 7 nitrogen and oxygen atoms in total. The molecule has 2 aliphatic heterocycles. The first-order valence-corrected chi connectivity index (χ1v) is 12.2. The SMILES string of the molecule is CC(C)N1CCOc2c(F)cc(-c3nc(Cc4ccc(C5CCN(C)CC5=O)cn4)ncc3F)cc21. The molecule has 1 saturated heterocycles. The maximum atomic E-state index is 14.9. The zero-order valence-corrected chi connectivity index (χ0v) is 20.7. The van der Waals surface area contributed by atoms with Crippen LogP contribution in [0.25, 0.3) is 11.3 Å². The molecular weight excluding hydrogens is 464 g/mol. The summed E-state index contributed by atoms with van der Waals surface area (Å²) in [6, 6.07) is 6.87. The van der Waals surface area contributed by atoms with Crippen LogP contribution in [0.2, 0.25) is 0 Å². The molecule has 1 fully saturated rings. The first kappa shape index (κ1) is 24.2. The quantitative estimate of drug-likeness (QED) is 0.532. The number of pyridine rings is 1. The number of likely N-dealkylation sites (tertiary alicyclic amines) is 1. The normalized spacial score (nSPS) is 18.3. The van der Waals surface area contributed by atoms with Gasteiger partial charge >= 0.3 is 0 Å². The molecule has 1 aromatic carbocycles. The standard InChI is InChI=1S/C27H29F2N5O2/c1-16(2)34-8-9-36-27-21(28)10-18(11-23(27)34)26-22(29)14-31-25(32-26)12-19-5-4-17(13-30-19)20-6-7-33(3)15-24(20)35/h4-5,10-11,13-14,16,20H,6-9,12,15H2,1-3H3. The molecule has 4 heterocycles. The van der Waals surface area contributed by atoms with Crippen molar-refractivity contribution in [2.24, 2.45) is 0 Å². The largest absolute Gasteiger partial charge is 0.486 e. The number of hydrogen-bond donors (Lipinski definition) is 0. The van der Waals surface area contributed by atoms with Crippen molar-refractivity contribution < 1.29 is 18.3 Å². The third-order valence-electron chi connectivity index (χ3n) is 6.81. The minimum absolute atomic E-state index is 0.0320. The van der Waals surface area contributed by atoms with Crippen molar-refractivity contribution in [1.29, 1.82) is 0 Å². The summed E-state index contributed by atoms with van der Waals surface area (Å²) in [5.41, 5.74) is 2.55. The van der Waals surface area contributed by atoms with Crippen LogP contribution in [-0.4, -0.2) is 65.0 Å². The number of benzene rings is 1. The van der Waals surface area contributed by atoms with Crippen LogP contribution in [0.5, 0.6) is 5.75 Å². The Bertz CT molecular complexity index is 1280. The number of halogens is 2. The van der Waals surface area contributed by atoms with E-state index in [-0.39, 0.29) is 35.6 Å². The topological polar surface area (TPSA) is 71.5 Å². The number of likely N-dealkylation sites (N-methyl/N-ethyl adjacent to an activating group) is 1. The van der Waals surface area contributed by atoms with Crippen molar-refractivity contribution in [3.63, 3.8) is 0 Å². The summed E-state index contributed by atoms with van der Waals surface area (Å²) in [5, 5.41) is 0. The Hall–Kier alpha value is -3.46. The van der Waals surface area contributed by atoms with Gasteiger partial charge in [-0.3, -0.25) is 14.7 Å². The number of rotatable bonds is 5.